The number of carbonyl (C=O) groups excluding carboxylic acids is 1. The number of nitrogens with one attached hydrogen (secondary N) is 3. The van der Waals surface area contributed by atoms with Gasteiger partial charge in [-0.2, -0.15) is 10.1 Å². The zero-order valence-corrected chi connectivity index (χ0v) is 11.1. The first kappa shape index (κ1) is 13.7. The highest BCUT2D eigenvalue weighted by Crippen LogP contribution is 2.27. The van der Waals surface area contributed by atoms with E-state index in [4.69, 9.17) is 9.47 Å². The van der Waals surface area contributed by atoms with Crippen LogP contribution in [0.3, 0.4) is 0 Å². The molecule has 3 N–H and O–H groups in total. The van der Waals surface area contributed by atoms with Crippen molar-refractivity contribution in [3.8, 4) is 11.5 Å². The molecule has 1 heterocycles. The molecule has 0 bridgehead atoms. The number of benzene rings is 1. The van der Waals surface area contributed by atoms with Gasteiger partial charge in [-0.05, 0) is 17.7 Å². The molecule has 0 radical (unpaired) electrons. The van der Waals surface area contributed by atoms with Gasteiger partial charge in [0.15, 0.2) is 11.5 Å². The standard InChI is InChI=1S/C12H15N5O3/c1-19-9-4-3-8(5-10(9)20-2)6-13-12(18)16-11-14-7-15-17-11/h3-5,7H,6H2,1-2H3,(H3,13,14,15,16,17,18). The molecule has 2 amide bonds. The fraction of sp³-hybridized carbons (Fsp3) is 0.250. The number of urea groups is 1. The van der Waals surface area contributed by atoms with Gasteiger partial charge in [0, 0.05) is 6.54 Å². The van der Waals surface area contributed by atoms with Crippen molar-refractivity contribution in [3.05, 3.63) is 30.1 Å². The van der Waals surface area contributed by atoms with E-state index in [9.17, 15) is 4.79 Å². The third-order valence-corrected chi connectivity index (χ3v) is 2.55. The number of ether oxygens (including phenoxy) is 2. The first-order chi connectivity index (χ1) is 9.72. The van der Waals surface area contributed by atoms with Crippen LogP contribution in [0.4, 0.5) is 10.7 Å². The number of amides is 2. The highest BCUT2D eigenvalue weighted by molar-refractivity contribution is 5.87. The Bertz CT molecular complexity index is 570. The van der Waals surface area contributed by atoms with Crippen LogP contribution in [-0.2, 0) is 6.54 Å². The Morgan fingerprint density at radius 2 is 2.10 bits per heavy atom. The minimum atomic E-state index is -0.378. The van der Waals surface area contributed by atoms with E-state index >= 15 is 0 Å². The van der Waals surface area contributed by atoms with Crippen LogP contribution < -0.4 is 20.1 Å². The van der Waals surface area contributed by atoms with Gasteiger partial charge in [-0.15, -0.1) is 0 Å². The Balaban J connectivity index is 1.92. The molecule has 0 aliphatic heterocycles. The second-order valence-corrected chi connectivity index (χ2v) is 3.83. The Morgan fingerprint density at radius 3 is 2.75 bits per heavy atom. The van der Waals surface area contributed by atoms with Crippen LogP contribution >= 0.6 is 0 Å². The topological polar surface area (TPSA) is 101 Å². The van der Waals surface area contributed by atoms with Crippen LogP contribution in [0.15, 0.2) is 24.5 Å². The third-order valence-electron chi connectivity index (χ3n) is 2.55. The van der Waals surface area contributed by atoms with E-state index < -0.39 is 0 Å². The fourth-order valence-electron chi connectivity index (χ4n) is 1.59. The van der Waals surface area contributed by atoms with Crippen molar-refractivity contribution >= 4 is 12.0 Å². The number of aromatic amines is 1. The van der Waals surface area contributed by atoms with E-state index in [2.05, 4.69) is 25.8 Å². The molecule has 8 nitrogen and oxygen atoms in total. The summed E-state index contributed by atoms with van der Waals surface area (Å²) in [6, 6.07) is 5.05. The minimum absolute atomic E-state index is 0.287. The first-order valence-electron chi connectivity index (χ1n) is 5.84. The molecule has 8 heteroatoms. The summed E-state index contributed by atoms with van der Waals surface area (Å²) in [5.41, 5.74) is 0.885. The summed E-state index contributed by atoms with van der Waals surface area (Å²) in [7, 11) is 3.13. The average molecular weight is 277 g/mol. The van der Waals surface area contributed by atoms with Gasteiger partial charge < -0.3 is 14.8 Å². The molecule has 2 rings (SSSR count). The average Bonchev–Trinajstić information content (AvgIpc) is 2.97. The Kier molecular flexibility index (Phi) is 4.38. The van der Waals surface area contributed by atoms with Gasteiger partial charge in [-0.25, -0.2) is 9.89 Å². The predicted octanol–water partition coefficient (Wildman–Crippen LogP) is 1.14. The van der Waals surface area contributed by atoms with Crippen LogP contribution in [0.25, 0.3) is 0 Å². The van der Waals surface area contributed by atoms with Gasteiger partial charge in [0.1, 0.15) is 6.33 Å². The SMILES string of the molecule is COc1ccc(CNC(=O)Nc2ncn[nH]2)cc1OC. The molecule has 0 unspecified atom stereocenters. The summed E-state index contributed by atoms with van der Waals surface area (Å²) in [6.07, 6.45) is 1.31. The molecule has 1 aromatic carbocycles. The van der Waals surface area contributed by atoms with E-state index in [1.54, 1.807) is 26.4 Å². The number of hydrogen-bond acceptors (Lipinski definition) is 5. The van der Waals surface area contributed by atoms with Crippen LogP contribution in [0.2, 0.25) is 0 Å². The Hall–Kier alpha value is -2.77. The number of carbonyl (C=O) groups is 1. The molecule has 2 aromatic rings. The van der Waals surface area contributed by atoms with Gasteiger partial charge in [-0.3, -0.25) is 5.32 Å². The van der Waals surface area contributed by atoms with Gasteiger partial charge in [0.05, 0.1) is 14.2 Å². The quantitative estimate of drug-likeness (QED) is 0.761. The van der Waals surface area contributed by atoms with Crippen LogP contribution in [-0.4, -0.2) is 35.4 Å². The number of aromatic nitrogens is 3. The predicted molar refractivity (Wildman–Crippen MR) is 71.8 cm³/mol. The van der Waals surface area contributed by atoms with E-state index in [1.165, 1.54) is 6.33 Å². The Labute approximate surface area is 115 Å². The van der Waals surface area contributed by atoms with Crippen molar-refractivity contribution in [2.75, 3.05) is 19.5 Å². The molecule has 0 atom stereocenters. The molecule has 0 saturated carbocycles. The smallest absolute Gasteiger partial charge is 0.321 e. The summed E-state index contributed by atoms with van der Waals surface area (Å²) in [5.74, 6) is 1.54. The van der Waals surface area contributed by atoms with E-state index in [0.29, 0.717) is 18.0 Å². The fourth-order valence-corrected chi connectivity index (χ4v) is 1.59. The molecular weight excluding hydrogens is 262 g/mol. The summed E-state index contributed by atoms with van der Waals surface area (Å²) in [4.78, 5) is 15.4. The molecule has 20 heavy (non-hydrogen) atoms. The minimum Gasteiger partial charge on any atom is -0.493 e. The summed E-state index contributed by atoms with van der Waals surface area (Å²) < 4.78 is 10.3. The maximum absolute atomic E-state index is 11.6. The lowest BCUT2D eigenvalue weighted by Crippen LogP contribution is -2.28. The largest absolute Gasteiger partial charge is 0.493 e. The first-order valence-corrected chi connectivity index (χ1v) is 5.84. The Morgan fingerprint density at radius 1 is 1.30 bits per heavy atom. The number of nitrogens with zero attached hydrogens (tertiary/aromatic N) is 2. The van der Waals surface area contributed by atoms with Crippen molar-refractivity contribution in [2.24, 2.45) is 0 Å². The molecule has 0 aliphatic rings. The van der Waals surface area contributed by atoms with Gasteiger partial charge in [0.25, 0.3) is 0 Å². The van der Waals surface area contributed by atoms with E-state index in [-0.39, 0.29) is 12.0 Å². The van der Waals surface area contributed by atoms with Gasteiger partial charge in [0.2, 0.25) is 5.95 Å². The maximum Gasteiger partial charge on any atom is 0.321 e. The zero-order valence-electron chi connectivity index (χ0n) is 11.1. The summed E-state index contributed by atoms with van der Waals surface area (Å²) in [5, 5.41) is 11.4. The summed E-state index contributed by atoms with van der Waals surface area (Å²) >= 11 is 0. The molecule has 0 saturated heterocycles. The molecule has 106 valence electrons. The molecule has 0 fully saturated rings. The maximum atomic E-state index is 11.6. The second-order valence-electron chi connectivity index (χ2n) is 3.83. The number of anilines is 1. The number of H-pyrrole nitrogens is 1. The zero-order chi connectivity index (χ0) is 14.4. The van der Waals surface area contributed by atoms with Crippen molar-refractivity contribution < 1.29 is 14.3 Å². The normalized spacial score (nSPS) is 9.90. The summed E-state index contributed by atoms with van der Waals surface area (Å²) in [6.45, 7) is 0.348. The molecule has 0 aliphatic carbocycles. The lowest BCUT2D eigenvalue weighted by Gasteiger charge is -2.10. The van der Waals surface area contributed by atoms with Crippen LogP contribution in [0, 0.1) is 0 Å². The van der Waals surface area contributed by atoms with Crippen molar-refractivity contribution in [3.63, 3.8) is 0 Å². The monoisotopic (exact) mass is 277 g/mol. The highest BCUT2D eigenvalue weighted by atomic mass is 16.5. The molecular formula is C12H15N5O3. The number of hydrogen-bond donors (Lipinski definition) is 3. The lowest BCUT2D eigenvalue weighted by molar-refractivity contribution is 0.251. The van der Waals surface area contributed by atoms with Gasteiger partial charge in [-0.1, -0.05) is 6.07 Å². The van der Waals surface area contributed by atoms with Crippen molar-refractivity contribution in [1.82, 2.24) is 20.5 Å². The van der Waals surface area contributed by atoms with E-state index in [0.717, 1.165) is 5.56 Å². The number of rotatable bonds is 5. The van der Waals surface area contributed by atoms with E-state index in [1.807, 2.05) is 6.07 Å². The van der Waals surface area contributed by atoms with Gasteiger partial charge >= 0.3 is 6.03 Å². The van der Waals surface area contributed by atoms with Crippen molar-refractivity contribution in [2.45, 2.75) is 6.54 Å². The molecule has 0 spiro atoms. The second kappa shape index (κ2) is 6.41. The van der Waals surface area contributed by atoms with Crippen LogP contribution in [0.1, 0.15) is 5.56 Å². The number of methoxy groups -OCH3 is 2. The highest BCUT2D eigenvalue weighted by Gasteiger charge is 2.06. The molecule has 1 aromatic heterocycles. The third kappa shape index (κ3) is 3.37. The van der Waals surface area contributed by atoms with Crippen molar-refractivity contribution in [1.29, 1.82) is 0 Å². The van der Waals surface area contributed by atoms with Crippen LogP contribution in [0.5, 0.6) is 11.5 Å². The lowest BCUT2D eigenvalue weighted by atomic mass is 10.2.